The van der Waals surface area contributed by atoms with Gasteiger partial charge in [-0.05, 0) is 51.4 Å². The second-order valence-electron chi connectivity index (χ2n) is 11.2. The Morgan fingerprint density at radius 2 is 0.976 bits per heavy atom. The number of carbonyl (C=O) groups is 2. The Hall–Kier alpha value is -2.14. The van der Waals surface area contributed by atoms with Gasteiger partial charge in [0.25, 0.3) is 0 Å². The van der Waals surface area contributed by atoms with Crippen LogP contribution in [-0.2, 0) is 19.1 Å². The van der Waals surface area contributed by atoms with Crippen molar-refractivity contribution in [2.75, 3.05) is 13.2 Å². The van der Waals surface area contributed by atoms with Gasteiger partial charge in [0.2, 0.25) is 0 Å². The largest absolute Gasteiger partial charge is 0.462 e. The molecule has 0 rings (SSSR count). The van der Waals surface area contributed by atoms with Crippen molar-refractivity contribution in [3.05, 3.63) is 48.6 Å². The van der Waals surface area contributed by atoms with Crippen LogP contribution in [0.15, 0.2) is 48.6 Å². The molecule has 1 N–H and O–H groups in total. The quantitative estimate of drug-likeness (QED) is 0.0513. The highest BCUT2D eigenvalue weighted by molar-refractivity contribution is 5.70. The molecule has 0 aromatic heterocycles. The molecule has 0 bridgehead atoms. The maximum atomic E-state index is 12.1. The zero-order chi connectivity index (χ0) is 30.8. The molecular formula is C37H64O5. The first-order chi connectivity index (χ1) is 20.6. The molecule has 1 atom stereocenters. The first-order valence-corrected chi connectivity index (χ1v) is 17.2. The summed E-state index contributed by atoms with van der Waals surface area (Å²) in [6, 6.07) is 0. The first-order valence-electron chi connectivity index (χ1n) is 17.2. The minimum Gasteiger partial charge on any atom is -0.462 e. The molecule has 0 unspecified atom stereocenters. The minimum absolute atomic E-state index is 0.0870. The Morgan fingerprint density at radius 3 is 1.50 bits per heavy atom. The summed E-state index contributed by atoms with van der Waals surface area (Å²) in [5.41, 5.74) is 0. The predicted octanol–water partition coefficient (Wildman–Crippen LogP) is 10.3. The van der Waals surface area contributed by atoms with E-state index in [1.54, 1.807) is 0 Å². The van der Waals surface area contributed by atoms with Gasteiger partial charge in [0.05, 0.1) is 6.61 Å². The topological polar surface area (TPSA) is 72.8 Å². The van der Waals surface area contributed by atoms with E-state index in [4.69, 9.17) is 9.47 Å². The Kier molecular flexibility index (Phi) is 31.7. The number of hydrogen-bond donors (Lipinski definition) is 1. The maximum Gasteiger partial charge on any atom is 0.306 e. The van der Waals surface area contributed by atoms with Crippen molar-refractivity contribution in [3.63, 3.8) is 0 Å². The van der Waals surface area contributed by atoms with Gasteiger partial charge in [-0.3, -0.25) is 9.59 Å². The van der Waals surface area contributed by atoms with Crippen molar-refractivity contribution in [3.8, 4) is 0 Å². The molecule has 0 saturated heterocycles. The molecule has 0 saturated carbocycles. The normalized spacial score (nSPS) is 12.7. The van der Waals surface area contributed by atoms with Gasteiger partial charge in [-0.15, -0.1) is 0 Å². The lowest BCUT2D eigenvalue weighted by atomic mass is 10.1. The smallest absolute Gasteiger partial charge is 0.306 e. The fourth-order valence-electron chi connectivity index (χ4n) is 4.49. The predicted molar refractivity (Wildman–Crippen MR) is 177 cm³/mol. The van der Waals surface area contributed by atoms with E-state index < -0.39 is 6.10 Å². The average molecular weight is 589 g/mol. The van der Waals surface area contributed by atoms with Gasteiger partial charge in [-0.2, -0.15) is 0 Å². The molecule has 0 aromatic rings. The summed E-state index contributed by atoms with van der Waals surface area (Å²) in [5, 5.41) is 9.49. The van der Waals surface area contributed by atoms with Crippen molar-refractivity contribution >= 4 is 11.9 Å². The molecule has 0 radical (unpaired) electrons. The standard InChI is InChI=1S/C37H64O5/c1-3-5-7-9-11-13-15-16-17-18-19-20-22-24-26-28-30-32-37(40)42-35(33-38)34-41-36(39)31-29-27-25-23-21-14-12-10-8-6-4-2/h11,13,16-17,19-20,24,26,35,38H,3-10,12,14-15,18,21-23,25,27-34H2,1-2H3/b13-11+,17-16+,20-19+,26-24+/t35-/m0/s1. The van der Waals surface area contributed by atoms with Crippen molar-refractivity contribution < 1.29 is 24.2 Å². The summed E-state index contributed by atoms with van der Waals surface area (Å²) in [4.78, 5) is 24.1. The van der Waals surface area contributed by atoms with E-state index >= 15 is 0 Å². The van der Waals surface area contributed by atoms with Crippen molar-refractivity contribution in [2.45, 2.75) is 161 Å². The SMILES string of the molecule is CCCCC/C=C/C/C=C/C/C=C/C/C=C/CCCC(=O)O[C@@H](CO)COC(=O)CCCCCCCCCCCCC. The molecule has 5 heteroatoms. The lowest BCUT2D eigenvalue weighted by Crippen LogP contribution is -2.28. The number of aliphatic hydroxyl groups is 1. The monoisotopic (exact) mass is 588 g/mol. The van der Waals surface area contributed by atoms with Gasteiger partial charge in [-0.1, -0.05) is 140 Å². The van der Waals surface area contributed by atoms with E-state index in [9.17, 15) is 14.7 Å². The molecule has 0 aliphatic rings. The number of carbonyl (C=O) groups excluding carboxylic acids is 2. The summed E-state index contributed by atoms with van der Waals surface area (Å²) < 4.78 is 10.5. The van der Waals surface area contributed by atoms with Gasteiger partial charge < -0.3 is 14.6 Å². The first kappa shape index (κ1) is 39.9. The Balaban J connectivity index is 3.71. The van der Waals surface area contributed by atoms with Crippen LogP contribution in [0.5, 0.6) is 0 Å². The van der Waals surface area contributed by atoms with E-state index in [1.165, 1.54) is 77.0 Å². The van der Waals surface area contributed by atoms with Crippen LogP contribution < -0.4 is 0 Å². The molecule has 0 aliphatic carbocycles. The van der Waals surface area contributed by atoms with Gasteiger partial charge >= 0.3 is 11.9 Å². The third kappa shape index (κ3) is 30.8. The lowest BCUT2D eigenvalue weighted by Gasteiger charge is -2.15. The van der Waals surface area contributed by atoms with E-state index in [0.717, 1.165) is 44.9 Å². The van der Waals surface area contributed by atoms with Crippen LogP contribution >= 0.6 is 0 Å². The molecule has 0 aliphatic heterocycles. The molecule has 5 nitrogen and oxygen atoms in total. The minimum atomic E-state index is -0.796. The van der Waals surface area contributed by atoms with Gasteiger partial charge in [-0.25, -0.2) is 0 Å². The zero-order valence-corrected chi connectivity index (χ0v) is 27.2. The second kappa shape index (κ2) is 33.4. The Labute approximate surface area is 258 Å². The van der Waals surface area contributed by atoms with Crippen LogP contribution in [0.1, 0.15) is 155 Å². The number of aliphatic hydroxyl groups excluding tert-OH is 1. The van der Waals surface area contributed by atoms with E-state index in [2.05, 4.69) is 62.5 Å². The fourth-order valence-corrected chi connectivity index (χ4v) is 4.49. The molecule has 242 valence electrons. The highest BCUT2D eigenvalue weighted by Gasteiger charge is 2.15. The van der Waals surface area contributed by atoms with Gasteiger partial charge in [0, 0.05) is 12.8 Å². The van der Waals surface area contributed by atoms with Crippen LogP contribution in [0.25, 0.3) is 0 Å². The third-order valence-corrected chi connectivity index (χ3v) is 7.13. The second-order valence-corrected chi connectivity index (χ2v) is 11.2. The van der Waals surface area contributed by atoms with E-state index in [-0.39, 0.29) is 31.6 Å². The van der Waals surface area contributed by atoms with Crippen LogP contribution in [-0.4, -0.2) is 36.4 Å². The van der Waals surface area contributed by atoms with Gasteiger partial charge in [0.1, 0.15) is 6.61 Å². The highest BCUT2D eigenvalue weighted by atomic mass is 16.6. The number of allylic oxidation sites excluding steroid dienone is 8. The Morgan fingerprint density at radius 1 is 0.548 bits per heavy atom. The molecule has 42 heavy (non-hydrogen) atoms. The van der Waals surface area contributed by atoms with Crippen molar-refractivity contribution in [2.24, 2.45) is 0 Å². The van der Waals surface area contributed by atoms with Crippen molar-refractivity contribution in [1.29, 1.82) is 0 Å². The number of unbranched alkanes of at least 4 members (excludes halogenated alkanes) is 14. The summed E-state index contributed by atoms with van der Waals surface area (Å²) in [7, 11) is 0. The third-order valence-electron chi connectivity index (χ3n) is 7.13. The van der Waals surface area contributed by atoms with E-state index in [0.29, 0.717) is 12.8 Å². The summed E-state index contributed by atoms with van der Waals surface area (Å²) in [6.45, 7) is 4.03. The van der Waals surface area contributed by atoms with Crippen LogP contribution in [0.4, 0.5) is 0 Å². The average Bonchev–Trinajstić information content (AvgIpc) is 2.99. The summed E-state index contributed by atoms with van der Waals surface area (Å²) in [6.07, 6.45) is 40.2. The molecule has 0 heterocycles. The summed E-state index contributed by atoms with van der Waals surface area (Å²) >= 11 is 0. The van der Waals surface area contributed by atoms with E-state index in [1.807, 2.05) is 0 Å². The summed E-state index contributed by atoms with van der Waals surface area (Å²) in [5.74, 6) is -0.660. The molecule has 0 fully saturated rings. The molecule has 0 spiro atoms. The molecule has 0 aromatic carbocycles. The number of hydrogen-bond acceptors (Lipinski definition) is 5. The van der Waals surface area contributed by atoms with Crippen LogP contribution in [0.3, 0.4) is 0 Å². The molecular weight excluding hydrogens is 524 g/mol. The fraction of sp³-hybridized carbons (Fsp3) is 0.730. The number of ether oxygens (including phenoxy) is 2. The van der Waals surface area contributed by atoms with Crippen molar-refractivity contribution in [1.82, 2.24) is 0 Å². The zero-order valence-electron chi connectivity index (χ0n) is 27.2. The van der Waals surface area contributed by atoms with Gasteiger partial charge in [0.15, 0.2) is 6.10 Å². The van der Waals surface area contributed by atoms with Crippen LogP contribution in [0, 0.1) is 0 Å². The van der Waals surface area contributed by atoms with Crippen LogP contribution in [0.2, 0.25) is 0 Å². The highest BCUT2D eigenvalue weighted by Crippen LogP contribution is 2.12. The molecule has 0 amide bonds. The Bertz CT molecular complexity index is 722. The lowest BCUT2D eigenvalue weighted by molar-refractivity contribution is -0.161. The number of rotatable bonds is 30. The number of esters is 2. The maximum absolute atomic E-state index is 12.1.